The van der Waals surface area contributed by atoms with Gasteiger partial charge in [-0.15, -0.1) is 0 Å². The van der Waals surface area contributed by atoms with Crippen molar-refractivity contribution in [2.75, 3.05) is 26.7 Å². The third-order valence-corrected chi connectivity index (χ3v) is 8.27. The molecule has 0 bridgehead atoms. The topological polar surface area (TPSA) is 78.1 Å². The molecular weight excluding hydrogens is 487 g/mol. The van der Waals surface area contributed by atoms with Crippen molar-refractivity contribution in [1.82, 2.24) is 19.6 Å². The highest BCUT2D eigenvalue weighted by Crippen LogP contribution is 2.39. The van der Waals surface area contributed by atoms with E-state index in [4.69, 9.17) is 0 Å². The van der Waals surface area contributed by atoms with Crippen molar-refractivity contribution in [3.63, 3.8) is 0 Å². The predicted molar refractivity (Wildman–Crippen MR) is 145 cm³/mol. The zero-order valence-corrected chi connectivity index (χ0v) is 21.4. The van der Waals surface area contributed by atoms with Gasteiger partial charge in [0.15, 0.2) is 0 Å². The van der Waals surface area contributed by atoms with Gasteiger partial charge in [-0.1, -0.05) is 18.2 Å². The van der Waals surface area contributed by atoms with Crippen LogP contribution >= 0.6 is 0 Å². The van der Waals surface area contributed by atoms with Gasteiger partial charge in [0.1, 0.15) is 5.82 Å². The Hall–Kier alpha value is -3.59. The molecule has 0 fully saturated rings. The molecule has 1 aliphatic heterocycles. The fraction of sp³-hybridized carbons (Fsp3) is 0.207. The Labute approximate surface area is 216 Å². The lowest BCUT2D eigenvalue weighted by Crippen LogP contribution is -2.30. The molecule has 0 saturated carbocycles. The second-order valence-corrected chi connectivity index (χ2v) is 11.0. The molecule has 2 N–H and O–H groups in total. The van der Waals surface area contributed by atoms with Crippen molar-refractivity contribution in [3.05, 3.63) is 102 Å². The van der Waals surface area contributed by atoms with Gasteiger partial charge in [0.25, 0.3) is 0 Å². The van der Waals surface area contributed by atoms with Crippen molar-refractivity contribution in [3.8, 4) is 22.4 Å². The molecule has 0 amide bonds. The zero-order valence-electron chi connectivity index (χ0n) is 20.6. The number of halogens is 1. The number of hydrogen-bond acceptors (Lipinski definition) is 4. The highest BCUT2D eigenvalue weighted by molar-refractivity contribution is 7.89. The van der Waals surface area contributed by atoms with Crippen LogP contribution in [0.5, 0.6) is 0 Å². The number of rotatable bonds is 8. The van der Waals surface area contributed by atoms with Gasteiger partial charge in [-0.2, -0.15) is 0 Å². The van der Waals surface area contributed by atoms with Crippen LogP contribution in [0.2, 0.25) is 0 Å². The lowest BCUT2D eigenvalue weighted by molar-refractivity contribution is 0.306. The van der Waals surface area contributed by atoms with Crippen LogP contribution in [0.1, 0.15) is 17.5 Å². The molecule has 0 unspecified atom stereocenters. The number of pyridine rings is 1. The van der Waals surface area contributed by atoms with Crippen molar-refractivity contribution < 1.29 is 12.8 Å². The van der Waals surface area contributed by atoms with E-state index in [1.54, 1.807) is 36.7 Å². The van der Waals surface area contributed by atoms with Crippen molar-refractivity contribution >= 4 is 15.6 Å². The van der Waals surface area contributed by atoms with Crippen LogP contribution in [0.3, 0.4) is 0 Å². The van der Waals surface area contributed by atoms with Crippen LogP contribution in [0.15, 0.2) is 90.2 Å². The number of benzene rings is 2. The number of sulfonamides is 1. The minimum absolute atomic E-state index is 0.255. The largest absolute Gasteiger partial charge is 0.360 e. The molecule has 37 heavy (non-hydrogen) atoms. The van der Waals surface area contributed by atoms with E-state index in [1.165, 1.54) is 24.8 Å². The average molecular weight is 517 g/mol. The molecule has 1 aliphatic rings. The summed E-state index contributed by atoms with van der Waals surface area (Å²) in [5.74, 6) is -0.255. The molecular formula is C29H29FN4O2S. The number of aromatic amines is 1. The summed E-state index contributed by atoms with van der Waals surface area (Å²) in [5.41, 5.74) is 7.63. The number of aromatic nitrogens is 2. The van der Waals surface area contributed by atoms with Crippen molar-refractivity contribution in [2.45, 2.75) is 17.7 Å². The van der Waals surface area contributed by atoms with Crippen LogP contribution in [0, 0.1) is 5.82 Å². The molecule has 0 spiro atoms. The van der Waals surface area contributed by atoms with E-state index in [9.17, 15) is 12.8 Å². The first-order valence-corrected chi connectivity index (χ1v) is 13.7. The SMILES string of the molecule is CNS(=O)(=O)c1ccc(CCN2CC=C(c3c[nH]c(-c4ccc(F)cc4)c3-c3ccncc3)CC2)cc1. The molecule has 6 nitrogen and oxygen atoms in total. The summed E-state index contributed by atoms with van der Waals surface area (Å²) >= 11 is 0. The van der Waals surface area contributed by atoms with Gasteiger partial charge >= 0.3 is 0 Å². The molecule has 5 rings (SSSR count). The molecule has 2 aromatic heterocycles. The molecule has 190 valence electrons. The van der Waals surface area contributed by atoms with Crippen LogP contribution in [-0.2, 0) is 16.4 Å². The highest BCUT2D eigenvalue weighted by Gasteiger charge is 2.21. The summed E-state index contributed by atoms with van der Waals surface area (Å²) in [6.45, 7) is 2.67. The molecule has 8 heteroatoms. The Morgan fingerprint density at radius 1 is 1.00 bits per heavy atom. The number of H-pyrrole nitrogens is 1. The third-order valence-electron chi connectivity index (χ3n) is 6.84. The summed E-state index contributed by atoms with van der Waals surface area (Å²) in [7, 11) is -2.00. The first-order valence-electron chi connectivity index (χ1n) is 12.3. The lowest BCUT2D eigenvalue weighted by atomic mass is 9.92. The maximum Gasteiger partial charge on any atom is 0.240 e. The number of nitrogens with zero attached hydrogens (tertiary/aromatic N) is 2. The van der Waals surface area contributed by atoms with Crippen LogP contribution in [0.25, 0.3) is 28.0 Å². The first-order chi connectivity index (χ1) is 17.9. The highest BCUT2D eigenvalue weighted by atomic mass is 32.2. The van der Waals surface area contributed by atoms with Crippen LogP contribution in [0.4, 0.5) is 4.39 Å². The summed E-state index contributed by atoms with van der Waals surface area (Å²) in [6, 6.07) is 17.6. The lowest BCUT2D eigenvalue weighted by Gasteiger charge is -2.26. The van der Waals surface area contributed by atoms with Crippen LogP contribution in [-0.4, -0.2) is 50.0 Å². The summed E-state index contributed by atoms with van der Waals surface area (Å²) in [4.78, 5) is 10.3. The van der Waals surface area contributed by atoms with E-state index in [1.807, 2.05) is 24.3 Å². The molecule has 0 radical (unpaired) electrons. The van der Waals surface area contributed by atoms with Gasteiger partial charge in [0, 0.05) is 49.4 Å². The smallest absolute Gasteiger partial charge is 0.240 e. The van der Waals surface area contributed by atoms with Gasteiger partial charge in [-0.25, -0.2) is 17.5 Å². The monoisotopic (exact) mass is 516 g/mol. The van der Waals surface area contributed by atoms with Gasteiger partial charge in [-0.05, 0) is 90.7 Å². The fourth-order valence-corrected chi connectivity index (χ4v) is 5.47. The second kappa shape index (κ2) is 10.8. The summed E-state index contributed by atoms with van der Waals surface area (Å²) in [6.07, 6.45) is 9.68. The first kappa shape index (κ1) is 25.1. The number of nitrogens with one attached hydrogen (secondary N) is 2. The van der Waals surface area contributed by atoms with Crippen LogP contribution < -0.4 is 4.72 Å². The normalized spacial score (nSPS) is 14.5. The second-order valence-electron chi connectivity index (χ2n) is 9.08. The molecule has 0 atom stereocenters. The maximum atomic E-state index is 13.6. The van der Waals surface area contributed by atoms with Crippen molar-refractivity contribution in [1.29, 1.82) is 0 Å². The molecule has 4 aromatic rings. The van der Waals surface area contributed by atoms with Gasteiger partial charge in [0.2, 0.25) is 10.0 Å². The minimum atomic E-state index is -3.42. The minimum Gasteiger partial charge on any atom is -0.360 e. The standard InChI is InChI=1S/C29H29FN4O2S/c1-31-37(35,36)26-8-2-21(3-9-26)12-17-34-18-13-22(14-19-34)27-20-33-29(24-4-6-25(30)7-5-24)28(27)23-10-15-32-16-11-23/h2-11,13,15-16,20,31,33H,12,14,17-19H2,1H3. The Morgan fingerprint density at radius 3 is 2.38 bits per heavy atom. The van der Waals surface area contributed by atoms with E-state index in [0.717, 1.165) is 66.0 Å². The van der Waals surface area contributed by atoms with E-state index < -0.39 is 10.0 Å². The van der Waals surface area contributed by atoms with Crippen molar-refractivity contribution in [2.24, 2.45) is 0 Å². The number of hydrogen-bond donors (Lipinski definition) is 2. The van der Waals surface area contributed by atoms with Gasteiger partial charge in [0.05, 0.1) is 10.6 Å². The summed E-state index contributed by atoms with van der Waals surface area (Å²) < 4.78 is 39.8. The van der Waals surface area contributed by atoms with E-state index in [-0.39, 0.29) is 10.7 Å². The van der Waals surface area contributed by atoms with E-state index in [0.29, 0.717) is 0 Å². The van der Waals surface area contributed by atoms with Gasteiger partial charge in [-0.3, -0.25) is 9.88 Å². The Bertz CT molecular complexity index is 1500. The average Bonchev–Trinajstić information content (AvgIpc) is 3.38. The Balaban J connectivity index is 1.32. The van der Waals surface area contributed by atoms with Gasteiger partial charge < -0.3 is 4.98 Å². The quantitative estimate of drug-likeness (QED) is 0.341. The predicted octanol–water partition coefficient (Wildman–Crippen LogP) is 5.12. The Morgan fingerprint density at radius 2 is 1.73 bits per heavy atom. The maximum absolute atomic E-state index is 13.6. The van der Waals surface area contributed by atoms with E-state index >= 15 is 0 Å². The molecule has 0 saturated heterocycles. The molecule has 3 heterocycles. The zero-order chi connectivity index (χ0) is 25.8. The third kappa shape index (κ3) is 5.56. The molecule has 0 aliphatic carbocycles. The fourth-order valence-electron chi connectivity index (χ4n) is 4.74. The van der Waals surface area contributed by atoms with E-state index in [2.05, 4.69) is 31.9 Å². The molecule has 2 aromatic carbocycles. The summed E-state index contributed by atoms with van der Waals surface area (Å²) in [5, 5.41) is 0. The Kier molecular flexibility index (Phi) is 7.32.